The van der Waals surface area contributed by atoms with Crippen molar-refractivity contribution in [1.82, 2.24) is 4.98 Å². The third kappa shape index (κ3) is 5.08. The Morgan fingerprint density at radius 3 is 2.47 bits per heavy atom. The van der Waals surface area contributed by atoms with Gasteiger partial charge >= 0.3 is 0 Å². The second-order valence-electron chi connectivity index (χ2n) is 9.99. The summed E-state index contributed by atoms with van der Waals surface area (Å²) in [5.74, 6) is 0.724. The van der Waals surface area contributed by atoms with Crippen molar-refractivity contribution >= 4 is 47.7 Å². The molecule has 184 valence electrons. The van der Waals surface area contributed by atoms with Gasteiger partial charge in [0.1, 0.15) is 5.82 Å². The van der Waals surface area contributed by atoms with Gasteiger partial charge in [-0.2, -0.15) is 0 Å². The summed E-state index contributed by atoms with van der Waals surface area (Å²) in [6, 6.07) is 24.6. The highest BCUT2D eigenvalue weighted by atomic mass is 32.1. The van der Waals surface area contributed by atoms with E-state index in [1.165, 1.54) is 12.8 Å². The maximum atomic E-state index is 12.9. The van der Waals surface area contributed by atoms with Gasteiger partial charge in [0.2, 0.25) is 0 Å². The van der Waals surface area contributed by atoms with Crippen molar-refractivity contribution in [3.05, 3.63) is 89.9 Å². The topological polar surface area (TPSA) is 71.2 Å². The van der Waals surface area contributed by atoms with Crippen LogP contribution in [-0.2, 0) is 0 Å². The molecular formula is C29H32N4OSSi. The minimum atomic E-state index is -1.51. The van der Waals surface area contributed by atoms with Crippen LogP contribution in [-0.4, -0.2) is 32.1 Å². The number of hydrogen-bond acceptors (Lipinski definition) is 5. The van der Waals surface area contributed by atoms with E-state index in [1.807, 2.05) is 41.8 Å². The Morgan fingerprint density at radius 2 is 1.81 bits per heavy atom. The lowest BCUT2D eigenvalue weighted by Crippen LogP contribution is -2.49. The summed E-state index contributed by atoms with van der Waals surface area (Å²) < 4.78 is 0. The highest BCUT2D eigenvalue weighted by molar-refractivity contribution is 7.13. The lowest BCUT2D eigenvalue weighted by Gasteiger charge is -2.40. The number of nitrogens with zero attached hydrogens (tertiary/aromatic N) is 2. The number of rotatable bonds is 6. The number of carbonyl (C=O) groups excluding carboxylic acids is 1. The smallest absolute Gasteiger partial charge is 0.257 e. The summed E-state index contributed by atoms with van der Waals surface area (Å²) in [7, 11) is -1.51. The molecule has 0 bridgehead atoms. The SMILES string of the molecule is C[Si](C)(c1ccccc1)C1CCN(c2ccc(C(=O)Nc3cc(-c4cccs4)ccc3N)cn2)CC1. The molecule has 7 heteroatoms. The van der Waals surface area contributed by atoms with E-state index < -0.39 is 8.07 Å². The van der Waals surface area contributed by atoms with Gasteiger partial charge < -0.3 is 16.0 Å². The van der Waals surface area contributed by atoms with Crippen LogP contribution in [0.3, 0.4) is 0 Å². The first kappa shape index (κ1) is 24.3. The van der Waals surface area contributed by atoms with Gasteiger partial charge in [0.15, 0.2) is 0 Å². The van der Waals surface area contributed by atoms with Crippen molar-refractivity contribution in [2.24, 2.45) is 0 Å². The number of nitrogens with one attached hydrogen (secondary N) is 1. The van der Waals surface area contributed by atoms with Gasteiger partial charge in [0, 0.05) is 24.2 Å². The highest BCUT2D eigenvalue weighted by Gasteiger charge is 2.35. The Balaban J connectivity index is 1.22. The van der Waals surface area contributed by atoms with Crippen LogP contribution in [0.1, 0.15) is 23.2 Å². The molecule has 1 fully saturated rings. The Bertz CT molecular complexity index is 1320. The number of carbonyl (C=O) groups is 1. The third-order valence-corrected chi connectivity index (χ3v) is 12.8. The van der Waals surface area contributed by atoms with Crippen molar-refractivity contribution in [3.63, 3.8) is 0 Å². The molecule has 5 nitrogen and oxygen atoms in total. The number of benzene rings is 2. The van der Waals surface area contributed by atoms with Gasteiger partial charge in [-0.3, -0.25) is 4.79 Å². The molecule has 2 aromatic carbocycles. The Morgan fingerprint density at radius 1 is 1.03 bits per heavy atom. The van der Waals surface area contributed by atoms with Crippen LogP contribution >= 0.6 is 11.3 Å². The zero-order valence-corrected chi connectivity index (χ0v) is 22.6. The maximum absolute atomic E-state index is 12.9. The predicted molar refractivity (Wildman–Crippen MR) is 155 cm³/mol. The van der Waals surface area contributed by atoms with Crippen LogP contribution in [0.4, 0.5) is 17.2 Å². The van der Waals surface area contributed by atoms with Crippen LogP contribution in [0, 0.1) is 0 Å². The van der Waals surface area contributed by atoms with Crippen molar-refractivity contribution in [2.45, 2.75) is 31.5 Å². The summed E-state index contributed by atoms with van der Waals surface area (Å²) in [6.45, 7) is 6.99. The number of pyridine rings is 1. The number of anilines is 3. The molecule has 1 aliphatic rings. The van der Waals surface area contributed by atoms with E-state index >= 15 is 0 Å². The minimum absolute atomic E-state index is 0.210. The fraction of sp³-hybridized carbons (Fsp3) is 0.241. The maximum Gasteiger partial charge on any atom is 0.257 e. The normalized spacial score (nSPS) is 14.6. The lowest BCUT2D eigenvalue weighted by molar-refractivity contribution is 0.102. The second kappa shape index (κ2) is 10.3. The standard InChI is InChI=1S/C29H32N4OSSi/c1-36(2,23-7-4-3-5-8-23)24-14-16-33(17-15-24)28-13-11-22(20-31-28)29(34)32-26-19-21(10-12-25(26)30)27-9-6-18-35-27/h3-13,18-20,24H,14-17,30H2,1-2H3,(H,32,34). The zero-order chi connectivity index (χ0) is 25.1. The second-order valence-corrected chi connectivity index (χ2v) is 15.8. The van der Waals surface area contributed by atoms with Crippen LogP contribution in [0.5, 0.6) is 0 Å². The number of hydrogen-bond donors (Lipinski definition) is 2. The average Bonchev–Trinajstić information content (AvgIpc) is 3.46. The molecule has 36 heavy (non-hydrogen) atoms. The van der Waals surface area contributed by atoms with E-state index in [4.69, 9.17) is 5.73 Å². The van der Waals surface area contributed by atoms with E-state index in [-0.39, 0.29) is 5.91 Å². The molecule has 0 aliphatic carbocycles. The van der Waals surface area contributed by atoms with Crippen molar-refractivity contribution in [1.29, 1.82) is 0 Å². The number of thiophene rings is 1. The largest absolute Gasteiger partial charge is 0.397 e. The molecule has 0 unspecified atom stereocenters. The van der Waals surface area contributed by atoms with Gasteiger partial charge in [-0.25, -0.2) is 4.98 Å². The highest BCUT2D eigenvalue weighted by Crippen LogP contribution is 2.34. The number of nitrogen functional groups attached to an aromatic ring is 1. The van der Waals surface area contributed by atoms with E-state index in [9.17, 15) is 4.79 Å². The molecular weight excluding hydrogens is 480 g/mol. The first-order valence-corrected chi connectivity index (χ1v) is 16.4. The van der Waals surface area contributed by atoms with Crippen molar-refractivity contribution < 1.29 is 4.79 Å². The molecule has 4 aromatic rings. The molecule has 0 saturated carbocycles. The van der Waals surface area contributed by atoms with E-state index in [0.717, 1.165) is 34.9 Å². The number of nitrogens with two attached hydrogens (primary N) is 1. The van der Waals surface area contributed by atoms with Crippen LogP contribution in [0.2, 0.25) is 18.6 Å². The summed E-state index contributed by atoms with van der Waals surface area (Å²) >= 11 is 1.65. The first-order chi connectivity index (χ1) is 17.4. The van der Waals surface area contributed by atoms with Gasteiger partial charge in [-0.05, 0) is 59.7 Å². The predicted octanol–water partition coefficient (Wildman–Crippen LogP) is 6.23. The molecule has 1 aliphatic heterocycles. The lowest BCUT2D eigenvalue weighted by atomic mass is 10.1. The summed E-state index contributed by atoms with van der Waals surface area (Å²) in [4.78, 5) is 21.0. The molecule has 3 N–H and O–H groups in total. The third-order valence-electron chi connectivity index (χ3n) is 7.47. The van der Waals surface area contributed by atoms with Crippen LogP contribution in [0.15, 0.2) is 84.4 Å². The van der Waals surface area contributed by atoms with Crippen molar-refractivity contribution in [3.8, 4) is 10.4 Å². The molecule has 5 rings (SSSR count). The zero-order valence-electron chi connectivity index (χ0n) is 20.8. The molecule has 1 saturated heterocycles. The number of piperidine rings is 1. The molecule has 1 amide bonds. The fourth-order valence-corrected chi connectivity index (χ4v) is 9.04. The number of amides is 1. The number of aromatic nitrogens is 1. The minimum Gasteiger partial charge on any atom is -0.397 e. The summed E-state index contributed by atoms with van der Waals surface area (Å²) in [5, 5.41) is 6.53. The summed E-state index contributed by atoms with van der Waals surface area (Å²) in [6.07, 6.45) is 4.02. The molecule has 0 spiro atoms. The first-order valence-electron chi connectivity index (χ1n) is 12.4. The van der Waals surface area contributed by atoms with E-state index in [0.29, 0.717) is 16.9 Å². The van der Waals surface area contributed by atoms with Gasteiger partial charge in [0.25, 0.3) is 5.91 Å². The molecule has 3 heterocycles. The Labute approximate surface area is 218 Å². The van der Waals surface area contributed by atoms with Gasteiger partial charge in [0.05, 0.1) is 25.0 Å². The van der Waals surface area contributed by atoms with Gasteiger partial charge in [-0.1, -0.05) is 60.7 Å². The van der Waals surface area contributed by atoms with E-state index in [2.05, 4.69) is 64.7 Å². The van der Waals surface area contributed by atoms with Crippen LogP contribution in [0.25, 0.3) is 10.4 Å². The molecule has 2 aromatic heterocycles. The Kier molecular flexibility index (Phi) is 6.94. The van der Waals surface area contributed by atoms with Gasteiger partial charge in [-0.15, -0.1) is 11.3 Å². The quantitative estimate of drug-likeness (QED) is 0.237. The molecule has 0 radical (unpaired) electrons. The molecule has 0 atom stereocenters. The fourth-order valence-electron chi connectivity index (χ4n) is 5.10. The summed E-state index contributed by atoms with van der Waals surface area (Å²) in [5.41, 5.74) is 9.61. The van der Waals surface area contributed by atoms with Crippen molar-refractivity contribution in [2.75, 3.05) is 29.0 Å². The Hall–Kier alpha value is -3.42. The monoisotopic (exact) mass is 512 g/mol. The average molecular weight is 513 g/mol. The van der Waals surface area contributed by atoms with E-state index in [1.54, 1.807) is 22.7 Å². The van der Waals surface area contributed by atoms with Crippen LogP contribution < -0.4 is 21.1 Å².